The van der Waals surface area contributed by atoms with Gasteiger partial charge >= 0.3 is 7.60 Å². The maximum absolute atomic E-state index is 12.6. The summed E-state index contributed by atoms with van der Waals surface area (Å²) in [6.07, 6.45) is 0.310. The van der Waals surface area contributed by atoms with Crippen LogP contribution in [0, 0.1) is 6.92 Å². The van der Waals surface area contributed by atoms with E-state index < -0.39 is 15.9 Å². The van der Waals surface area contributed by atoms with Crippen LogP contribution in [0.1, 0.15) is 40.2 Å². The van der Waals surface area contributed by atoms with E-state index in [0.717, 1.165) is 11.3 Å². The normalized spacial score (nSPS) is 14.8. The van der Waals surface area contributed by atoms with E-state index in [0.29, 0.717) is 24.3 Å². The lowest BCUT2D eigenvalue weighted by molar-refractivity contribution is 0.279. The lowest BCUT2D eigenvalue weighted by Crippen LogP contribution is -2.44. The fourth-order valence-corrected chi connectivity index (χ4v) is 4.25. The molecule has 0 fully saturated rings. The molecule has 0 aliphatic heterocycles. The molecule has 7 heteroatoms. The number of benzene rings is 1. The van der Waals surface area contributed by atoms with Gasteiger partial charge in [-0.25, -0.2) is 4.57 Å². The summed E-state index contributed by atoms with van der Waals surface area (Å²) in [6.45, 7) is 16.8. The monoisotopic (exact) mass is 388 g/mol. The molecule has 1 aromatic rings. The Morgan fingerprint density at radius 2 is 1.76 bits per heavy atom. The van der Waals surface area contributed by atoms with Crippen molar-refractivity contribution in [2.45, 2.75) is 59.7 Å². The minimum Gasteiger partial charge on any atom is -0.541 e. The molecule has 5 nitrogen and oxygen atoms in total. The molecule has 0 aliphatic carbocycles. The SMILES string of the molecule is CCOP(=O)(CC)Oc1cc(C)c(O[Si](C)(C)C(C)(C)C)c(OC)c1. The molecule has 1 atom stereocenters. The number of aryl methyl sites for hydroxylation is 1. The Kier molecular flexibility index (Phi) is 7.19. The maximum Gasteiger partial charge on any atom is 0.378 e. The van der Waals surface area contributed by atoms with E-state index in [1.165, 1.54) is 0 Å². The van der Waals surface area contributed by atoms with Crippen molar-refractivity contribution in [3.8, 4) is 17.2 Å². The highest BCUT2D eigenvalue weighted by molar-refractivity contribution is 7.54. The van der Waals surface area contributed by atoms with E-state index >= 15 is 0 Å². The van der Waals surface area contributed by atoms with Gasteiger partial charge in [0.25, 0.3) is 8.32 Å². The molecular weight excluding hydrogens is 355 g/mol. The van der Waals surface area contributed by atoms with Gasteiger partial charge in [-0.15, -0.1) is 0 Å². The summed E-state index contributed by atoms with van der Waals surface area (Å²) in [7, 11) is -3.56. The predicted molar refractivity (Wildman–Crippen MR) is 106 cm³/mol. The molecule has 0 saturated heterocycles. The number of methoxy groups -OCH3 is 1. The first kappa shape index (κ1) is 22.1. The quantitative estimate of drug-likeness (QED) is 0.403. The predicted octanol–water partition coefficient (Wildman–Crippen LogP) is 6.02. The molecule has 0 radical (unpaired) electrons. The topological polar surface area (TPSA) is 54.0 Å². The standard InChI is InChI=1S/C18H33O5PSi/c1-10-21-24(19,11-2)22-15-12-14(3)17(16(13-15)20-7)23-25(8,9)18(4,5)6/h12-13H,10-11H2,1-9H3. The molecule has 0 aliphatic rings. The Morgan fingerprint density at radius 1 is 1.16 bits per heavy atom. The number of rotatable bonds is 8. The second-order valence-electron chi connectivity index (χ2n) is 7.57. The third-order valence-corrected chi connectivity index (χ3v) is 10.8. The van der Waals surface area contributed by atoms with Gasteiger partial charge in [-0.3, -0.25) is 0 Å². The highest BCUT2D eigenvalue weighted by Crippen LogP contribution is 2.50. The first-order valence-corrected chi connectivity index (χ1v) is 13.3. The average molecular weight is 389 g/mol. The lowest BCUT2D eigenvalue weighted by atomic mass is 10.2. The Balaban J connectivity index is 3.23. The molecule has 1 aromatic carbocycles. The zero-order valence-corrected chi connectivity index (χ0v) is 19.0. The van der Waals surface area contributed by atoms with Gasteiger partial charge in [-0.1, -0.05) is 27.7 Å². The van der Waals surface area contributed by atoms with E-state index in [1.54, 1.807) is 27.0 Å². The van der Waals surface area contributed by atoms with Crippen molar-refractivity contribution in [3.05, 3.63) is 17.7 Å². The van der Waals surface area contributed by atoms with Crippen molar-refractivity contribution in [3.63, 3.8) is 0 Å². The summed E-state index contributed by atoms with van der Waals surface area (Å²) in [5.41, 5.74) is 0.887. The minimum atomic E-state index is -3.14. The van der Waals surface area contributed by atoms with Crippen LogP contribution < -0.4 is 13.7 Å². The molecule has 0 amide bonds. The summed E-state index contributed by atoms with van der Waals surface area (Å²) in [4.78, 5) is 0. The molecule has 0 saturated carbocycles. The number of hydrogen-bond acceptors (Lipinski definition) is 5. The van der Waals surface area contributed by atoms with Gasteiger partial charge in [0.1, 0.15) is 11.5 Å². The smallest absolute Gasteiger partial charge is 0.378 e. The zero-order valence-electron chi connectivity index (χ0n) is 17.1. The van der Waals surface area contributed by atoms with Crippen LogP contribution in [0.15, 0.2) is 12.1 Å². The third kappa shape index (κ3) is 5.50. The van der Waals surface area contributed by atoms with Crippen LogP contribution in [-0.2, 0) is 9.09 Å². The van der Waals surface area contributed by atoms with E-state index in [-0.39, 0.29) is 5.04 Å². The van der Waals surface area contributed by atoms with Gasteiger partial charge in [0.05, 0.1) is 19.9 Å². The minimum absolute atomic E-state index is 0.0759. The summed E-state index contributed by atoms with van der Waals surface area (Å²) in [6, 6.07) is 3.54. The van der Waals surface area contributed by atoms with Crippen LogP contribution in [0.4, 0.5) is 0 Å². The van der Waals surface area contributed by atoms with Crippen molar-refractivity contribution in [2.75, 3.05) is 19.9 Å². The Labute approximate surface area is 153 Å². The van der Waals surface area contributed by atoms with Crippen LogP contribution in [0.2, 0.25) is 18.1 Å². The molecule has 25 heavy (non-hydrogen) atoms. The van der Waals surface area contributed by atoms with E-state index in [4.69, 9.17) is 18.2 Å². The van der Waals surface area contributed by atoms with E-state index in [9.17, 15) is 4.57 Å². The first-order valence-electron chi connectivity index (χ1n) is 8.70. The van der Waals surface area contributed by atoms with Gasteiger partial charge in [0, 0.05) is 6.07 Å². The molecule has 0 aromatic heterocycles. The molecule has 0 N–H and O–H groups in total. The largest absolute Gasteiger partial charge is 0.541 e. The summed E-state index contributed by atoms with van der Waals surface area (Å²) < 4.78 is 35.6. The molecule has 0 bridgehead atoms. The summed E-state index contributed by atoms with van der Waals surface area (Å²) in [5, 5.41) is 0.0759. The van der Waals surface area contributed by atoms with Gasteiger partial charge < -0.3 is 18.2 Å². The molecule has 0 spiro atoms. The van der Waals surface area contributed by atoms with Crippen molar-refractivity contribution >= 4 is 15.9 Å². The van der Waals surface area contributed by atoms with Crippen molar-refractivity contribution in [2.24, 2.45) is 0 Å². The van der Waals surface area contributed by atoms with Crippen LogP contribution >= 0.6 is 7.60 Å². The highest BCUT2D eigenvalue weighted by atomic mass is 31.2. The fraction of sp³-hybridized carbons (Fsp3) is 0.667. The van der Waals surface area contributed by atoms with Crippen LogP contribution in [0.3, 0.4) is 0 Å². The van der Waals surface area contributed by atoms with Crippen molar-refractivity contribution in [1.29, 1.82) is 0 Å². The Bertz CT molecular complexity index is 637. The van der Waals surface area contributed by atoms with Gasteiger partial charge in [0.15, 0.2) is 5.75 Å². The van der Waals surface area contributed by atoms with Crippen LogP contribution in [0.5, 0.6) is 17.2 Å². The highest BCUT2D eigenvalue weighted by Gasteiger charge is 2.40. The summed E-state index contributed by atoms with van der Waals surface area (Å²) >= 11 is 0. The second-order valence-corrected chi connectivity index (χ2v) is 14.6. The fourth-order valence-electron chi connectivity index (χ4n) is 1.99. The molecule has 144 valence electrons. The number of ether oxygens (including phenoxy) is 1. The molecule has 0 heterocycles. The lowest BCUT2D eigenvalue weighted by Gasteiger charge is -2.37. The van der Waals surface area contributed by atoms with Gasteiger partial charge in [-0.2, -0.15) is 0 Å². The maximum atomic E-state index is 12.6. The van der Waals surface area contributed by atoms with Gasteiger partial charge in [-0.05, 0) is 43.6 Å². The van der Waals surface area contributed by atoms with E-state index in [1.807, 2.05) is 13.0 Å². The van der Waals surface area contributed by atoms with Gasteiger partial charge in [0.2, 0.25) is 0 Å². The average Bonchev–Trinajstić information content (AvgIpc) is 2.48. The molecule has 1 unspecified atom stereocenters. The van der Waals surface area contributed by atoms with E-state index in [2.05, 4.69) is 33.9 Å². The number of hydrogen-bond donors (Lipinski definition) is 0. The van der Waals surface area contributed by atoms with Crippen molar-refractivity contribution < 1.29 is 22.8 Å². The third-order valence-electron chi connectivity index (χ3n) is 4.55. The first-order chi connectivity index (χ1) is 11.4. The van der Waals surface area contributed by atoms with Crippen molar-refractivity contribution in [1.82, 2.24) is 0 Å². The van der Waals surface area contributed by atoms with Crippen LogP contribution in [0.25, 0.3) is 0 Å². The Morgan fingerprint density at radius 3 is 2.20 bits per heavy atom. The zero-order chi connectivity index (χ0) is 19.5. The van der Waals surface area contributed by atoms with Crippen LogP contribution in [-0.4, -0.2) is 28.2 Å². The summed E-state index contributed by atoms with van der Waals surface area (Å²) in [5.74, 6) is 1.78. The second kappa shape index (κ2) is 8.15. The Hall–Kier alpha value is -0.973. The molecule has 1 rings (SSSR count). The molecular formula is C18H33O5PSi.